The number of methoxy groups -OCH3 is 2. The van der Waals surface area contributed by atoms with Gasteiger partial charge in [-0.25, -0.2) is 4.68 Å². The van der Waals surface area contributed by atoms with E-state index in [0.717, 1.165) is 12.1 Å². The van der Waals surface area contributed by atoms with E-state index in [1.807, 2.05) is 13.8 Å². The standard InChI is InChI=1S/C27H25F3N4O4/c1-16(2)38-26-32-24(17-5-7-19(8-6-17)27(28,29)30)34(33-26)21-11-9-20(10-12-21)31-25(35)18-13-22(36-3)15-23(14-18)37-4/h5-16H,1-4H3,(H,31,35). The Morgan fingerprint density at radius 3 is 2.05 bits per heavy atom. The fourth-order valence-electron chi connectivity index (χ4n) is 3.56. The molecule has 0 atom stereocenters. The van der Waals surface area contributed by atoms with Gasteiger partial charge in [0.25, 0.3) is 5.91 Å². The van der Waals surface area contributed by atoms with Gasteiger partial charge in [-0.1, -0.05) is 12.1 Å². The van der Waals surface area contributed by atoms with Crippen LogP contribution in [0, 0.1) is 0 Å². The molecular formula is C27H25F3N4O4. The first kappa shape index (κ1) is 26.5. The second kappa shape index (κ2) is 10.8. The van der Waals surface area contributed by atoms with Gasteiger partial charge in [0.15, 0.2) is 5.82 Å². The van der Waals surface area contributed by atoms with Crippen molar-refractivity contribution in [3.05, 3.63) is 77.9 Å². The molecule has 11 heteroatoms. The Kier molecular flexibility index (Phi) is 7.56. The average Bonchev–Trinajstić information content (AvgIpc) is 3.31. The van der Waals surface area contributed by atoms with Crippen LogP contribution in [-0.2, 0) is 6.18 Å². The first-order valence-corrected chi connectivity index (χ1v) is 11.5. The Bertz CT molecular complexity index is 1390. The molecule has 8 nitrogen and oxygen atoms in total. The maximum atomic E-state index is 13.0. The zero-order valence-electron chi connectivity index (χ0n) is 21.0. The normalized spacial score (nSPS) is 11.4. The van der Waals surface area contributed by atoms with Gasteiger partial charge in [0.1, 0.15) is 11.5 Å². The highest BCUT2D eigenvalue weighted by molar-refractivity contribution is 6.04. The number of carbonyl (C=O) groups is 1. The molecule has 3 aromatic carbocycles. The number of hydrogen-bond donors (Lipinski definition) is 1. The molecule has 0 radical (unpaired) electrons. The van der Waals surface area contributed by atoms with Gasteiger partial charge < -0.3 is 19.5 Å². The third kappa shape index (κ3) is 6.05. The third-order valence-electron chi connectivity index (χ3n) is 5.38. The highest BCUT2D eigenvalue weighted by atomic mass is 19.4. The fourth-order valence-corrected chi connectivity index (χ4v) is 3.56. The predicted octanol–water partition coefficient (Wildman–Crippen LogP) is 6.01. The summed E-state index contributed by atoms with van der Waals surface area (Å²) < 4.78 is 56.6. The van der Waals surface area contributed by atoms with Crippen molar-refractivity contribution in [1.82, 2.24) is 14.8 Å². The number of aromatic nitrogens is 3. The van der Waals surface area contributed by atoms with Crippen LogP contribution >= 0.6 is 0 Å². The topological polar surface area (TPSA) is 87.5 Å². The lowest BCUT2D eigenvalue weighted by atomic mass is 10.1. The second-order valence-electron chi connectivity index (χ2n) is 8.47. The quantitative estimate of drug-likeness (QED) is 0.303. The molecule has 0 saturated heterocycles. The first-order chi connectivity index (χ1) is 18.1. The molecule has 0 fully saturated rings. The Morgan fingerprint density at radius 1 is 0.921 bits per heavy atom. The molecule has 0 aliphatic heterocycles. The summed E-state index contributed by atoms with van der Waals surface area (Å²) in [4.78, 5) is 17.2. The second-order valence-corrected chi connectivity index (χ2v) is 8.47. The maximum absolute atomic E-state index is 13.0. The summed E-state index contributed by atoms with van der Waals surface area (Å²) in [6.07, 6.45) is -4.66. The van der Waals surface area contributed by atoms with Crippen LogP contribution in [0.2, 0.25) is 0 Å². The molecule has 38 heavy (non-hydrogen) atoms. The van der Waals surface area contributed by atoms with E-state index in [4.69, 9.17) is 14.2 Å². The number of amides is 1. The number of carbonyl (C=O) groups excluding carboxylic acids is 1. The van der Waals surface area contributed by atoms with E-state index >= 15 is 0 Å². The summed E-state index contributed by atoms with van der Waals surface area (Å²) in [5.41, 5.74) is 1.08. The van der Waals surface area contributed by atoms with E-state index in [0.29, 0.717) is 39.8 Å². The van der Waals surface area contributed by atoms with Crippen LogP contribution in [0.15, 0.2) is 66.7 Å². The molecule has 1 aromatic heterocycles. The lowest BCUT2D eigenvalue weighted by Gasteiger charge is -2.11. The fraction of sp³-hybridized carbons (Fsp3) is 0.222. The summed E-state index contributed by atoms with van der Waals surface area (Å²) in [7, 11) is 2.99. The Morgan fingerprint density at radius 2 is 1.53 bits per heavy atom. The van der Waals surface area contributed by atoms with Crippen molar-refractivity contribution in [3.63, 3.8) is 0 Å². The molecule has 4 aromatic rings. The number of nitrogens with one attached hydrogen (secondary N) is 1. The molecular weight excluding hydrogens is 501 g/mol. The van der Waals surface area contributed by atoms with Gasteiger partial charge in [-0.15, -0.1) is 5.10 Å². The van der Waals surface area contributed by atoms with E-state index < -0.39 is 11.7 Å². The largest absolute Gasteiger partial charge is 0.497 e. The zero-order valence-corrected chi connectivity index (χ0v) is 21.0. The highest BCUT2D eigenvalue weighted by Gasteiger charge is 2.30. The van der Waals surface area contributed by atoms with Crippen molar-refractivity contribution in [3.8, 4) is 34.6 Å². The smallest absolute Gasteiger partial charge is 0.416 e. The minimum Gasteiger partial charge on any atom is -0.497 e. The summed E-state index contributed by atoms with van der Waals surface area (Å²) in [6.45, 7) is 3.63. The van der Waals surface area contributed by atoms with Crippen LogP contribution < -0.4 is 19.5 Å². The number of hydrogen-bond acceptors (Lipinski definition) is 6. The van der Waals surface area contributed by atoms with Crippen molar-refractivity contribution >= 4 is 11.6 Å². The predicted molar refractivity (Wildman–Crippen MR) is 135 cm³/mol. The maximum Gasteiger partial charge on any atom is 0.416 e. The molecule has 1 amide bonds. The minimum absolute atomic E-state index is 0.0826. The van der Waals surface area contributed by atoms with E-state index in [-0.39, 0.29) is 18.0 Å². The molecule has 0 aliphatic rings. The van der Waals surface area contributed by atoms with Crippen LogP contribution in [-0.4, -0.2) is 41.0 Å². The molecule has 0 bridgehead atoms. The Hall–Kier alpha value is -4.54. The van der Waals surface area contributed by atoms with Gasteiger partial charge in [-0.05, 0) is 62.4 Å². The van der Waals surface area contributed by atoms with Gasteiger partial charge in [0, 0.05) is 22.9 Å². The number of anilines is 1. The number of halogens is 3. The number of rotatable bonds is 8. The van der Waals surface area contributed by atoms with Crippen molar-refractivity contribution in [2.45, 2.75) is 26.1 Å². The van der Waals surface area contributed by atoms with Gasteiger partial charge in [0.05, 0.1) is 31.6 Å². The number of alkyl halides is 3. The van der Waals surface area contributed by atoms with Crippen molar-refractivity contribution in [1.29, 1.82) is 0 Å². The van der Waals surface area contributed by atoms with E-state index in [2.05, 4.69) is 15.4 Å². The third-order valence-corrected chi connectivity index (χ3v) is 5.38. The van der Waals surface area contributed by atoms with Gasteiger partial charge in [-0.3, -0.25) is 4.79 Å². The minimum atomic E-state index is -4.45. The SMILES string of the molecule is COc1cc(OC)cc(C(=O)Nc2ccc(-n3nc(OC(C)C)nc3-c3ccc(C(F)(F)F)cc3)cc2)c1. The van der Waals surface area contributed by atoms with Crippen LogP contribution in [0.25, 0.3) is 17.1 Å². The Labute approximate surface area is 217 Å². The summed E-state index contributed by atoms with van der Waals surface area (Å²) in [5.74, 6) is 0.890. The molecule has 4 rings (SSSR count). The number of ether oxygens (including phenoxy) is 3. The van der Waals surface area contributed by atoms with E-state index in [1.54, 1.807) is 42.5 Å². The van der Waals surface area contributed by atoms with Gasteiger partial charge >= 0.3 is 12.2 Å². The van der Waals surface area contributed by atoms with Gasteiger partial charge in [-0.2, -0.15) is 18.2 Å². The van der Waals surface area contributed by atoms with E-state index in [1.165, 1.54) is 31.0 Å². The van der Waals surface area contributed by atoms with Crippen molar-refractivity contribution in [2.24, 2.45) is 0 Å². The lowest BCUT2D eigenvalue weighted by Crippen LogP contribution is -2.12. The summed E-state index contributed by atoms with van der Waals surface area (Å²) in [6, 6.07) is 16.3. The number of benzene rings is 3. The molecule has 0 unspecified atom stereocenters. The molecule has 1 N–H and O–H groups in total. The number of nitrogens with zero attached hydrogens (tertiary/aromatic N) is 3. The van der Waals surface area contributed by atoms with Crippen molar-refractivity contribution < 1.29 is 32.2 Å². The molecule has 198 valence electrons. The summed E-state index contributed by atoms with van der Waals surface area (Å²) >= 11 is 0. The average molecular weight is 527 g/mol. The summed E-state index contributed by atoms with van der Waals surface area (Å²) in [5, 5.41) is 7.20. The highest BCUT2D eigenvalue weighted by Crippen LogP contribution is 2.32. The van der Waals surface area contributed by atoms with Crippen LogP contribution in [0.5, 0.6) is 17.5 Å². The Balaban J connectivity index is 1.62. The molecule has 0 saturated carbocycles. The monoisotopic (exact) mass is 526 g/mol. The van der Waals surface area contributed by atoms with Crippen LogP contribution in [0.3, 0.4) is 0 Å². The van der Waals surface area contributed by atoms with E-state index in [9.17, 15) is 18.0 Å². The lowest BCUT2D eigenvalue weighted by molar-refractivity contribution is -0.137. The van der Waals surface area contributed by atoms with Crippen molar-refractivity contribution in [2.75, 3.05) is 19.5 Å². The van der Waals surface area contributed by atoms with Gasteiger partial charge in [0.2, 0.25) is 0 Å². The van der Waals surface area contributed by atoms with Crippen LogP contribution in [0.1, 0.15) is 29.8 Å². The first-order valence-electron chi connectivity index (χ1n) is 11.5. The molecule has 0 aliphatic carbocycles. The van der Waals surface area contributed by atoms with Crippen LogP contribution in [0.4, 0.5) is 18.9 Å². The molecule has 1 heterocycles. The zero-order chi connectivity index (χ0) is 27.4. The molecule has 0 spiro atoms.